The van der Waals surface area contributed by atoms with Gasteiger partial charge >= 0.3 is 193 Å². The Kier molecular flexibility index (Phi) is 8.55. The van der Waals surface area contributed by atoms with Crippen molar-refractivity contribution >= 4 is 83.4 Å². The van der Waals surface area contributed by atoms with E-state index in [2.05, 4.69) is 240 Å². The molecule has 0 atom stereocenters. The first kappa shape index (κ1) is 35.5. The summed E-state index contributed by atoms with van der Waals surface area (Å²) in [7, 11) is 0. The van der Waals surface area contributed by atoms with Crippen LogP contribution in [0.2, 0.25) is 0 Å². The van der Waals surface area contributed by atoms with Gasteiger partial charge in [-0.3, -0.25) is 0 Å². The number of hydrogen-bond donors (Lipinski definition) is 0. The van der Waals surface area contributed by atoms with E-state index >= 15 is 0 Å². The van der Waals surface area contributed by atoms with Crippen molar-refractivity contribution in [3.63, 3.8) is 0 Å². The summed E-state index contributed by atoms with van der Waals surface area (Å²) in [6, 6.07) is 84.5. The van der Waals surface area contributed by atoms with E-state index in [0.717, 1.165) is 17.1 Å². The summed E-state index contributed by atoms with van der Waals surface area (Å²) < 4.78 is 5.31. The molecule has 2 nitrogen and oxygen atoms in total. The van der Waals surface area contributed by atoms with Crippen LogP contribution >= 0.6 is 0 Å². The second-order valence-corrected chi connectivity index (χ2v) is 18.0. The van der Waals surface area contributed by atoms with Crippen LogP contribution in [0.4, 0.5) is 17.1 Å². The van der Waals surface area contributed by atoms with Gasteiger partial charge in [-0.1, -0.05) is 84.9 Å². The summed E-state index contributed by atoms with van der Waals surface area (Å²) in [5, 5.41) is 7.80. The minimum atomic E-state index is 0.329. The van der Waals surface area contributed by atoms with E-state index in [0.29, 0.717) is 14.5 Å². The van der Waals surface area contributed by atoms with Gasteiger partial charge in [0.05, 0.1) is 11.0 Å². The van der Waals surface area contributed by atoms with Gasteiger partial charge in [0.15, 0.2) is 0 Å². The van der Waals surface area contributed by atoms with E-state index in [1.165, 1.54) is 90.9 Å². The summed E-state index contributed by atoms with van der Waals surface area (Å²) in [5.74, 6) is 0. The number of anilines is 3. The molecule has 0 unspecified atom stereocenters. The molecule has 0 spiro atoms. The maximum absolute atomic E-state index is 2.41. The van der Waals surface area contributed by atoms with Crippen LogP contribution < -0.4 is 4.90 Å². The van der Waals surface area contributed by atoms with Crippen molar-refractivity contribution in [2.75, 3.05) is 4.90 Å². The van der Waals surface area contributed by atoms with Crippen LogP contribution in [0.15, 0.2) is 231 Å². The number of para-hydroxylation sites is 2. The minimum absolute atomic E-state index is 0.329. The third kappa shape index (κ3) is 6.18. The van der Waals surface area contributed by atoms with Crippen LogP contribution in [0.25, 0.3) is 90.9 Å². The van der Waals surface area contributed by atoms with Crippen LogP contribution in [0, 0.1) is 0 Å². The molecule has 12 rings (SSSR count). The first-order valence-electron chi connectivity index (χ1n) is 20.8. The zero-order valence-electron chi connectivity index (χ0n) is 33.2. The van der Waals surface area contributed by atoms with Gasteiger partial charge in [-0.2, -0.15) is 0 Å². The molecule has 0 aliphatic rings. The topological polar surface area (TPSA) is 8.17 Å². The van der Waals surface area contributed by atoms with E-state index < -0.39 is 0 Å². The second kappa shape index (κ2) is 14.7. The van der Waals surface area contributed by atoms with Crippen LogP contribution in [-0.4, -0.2) is 19.1 Å². The van der Waals surface area contributed by atoms with Gasteiger partial charge in [-0.25, -0.2) is 0 Å². The molecular formula is C58H38N2Se. The van der Waals surface area contributed by atoms with Crippen molar-refractivity contribution in [2.45, 2.75) is 0 Å². The Bertz CT molecular complexity index is 3560. The van der Waals surface area contributed by atoms with Crippen LogP contribution in [0.3, 0.4) is 0 Å². The Hall–Kier alpha value is -7.42. The molecule has 0 saturated carbocycles. The molecule has 0 aliphatic carbocycles. The number of benzene rings is 10. The Morgan fingerprint density at radius 3 is 1.57 bits per heavy atom. The standard InChI is InChI=1S/C58H38N2Se/c1-2-13-45(14-3-1)60-55-19-8-6-16-51(55)54-37-43(28-36-56(54)60)39-21-29-46(30-22-39)59(48-33-25-42(26-34-48)50-18-10-12-41-11-4-5-15-49(41)50)47-31-23-40(24-32-47)44-27-35-53-52-17-7-9-20-57(52)61-58(53)38-44/h1-38H. The van der Waals surface area contributed by atoms with Gasteiger partial charge in [-0.15, -0.1) is 0 Å². The quantitative estimate of drug-likeness (QED) is 0.145. The molecule has 61 heavy (non-hydrogen) atoms. The van der Waals surface area contributed by atoms with E-state index in [1.54, 1.807) is 0 Å². The number of hydrogen-bond acceptors (Lipinski definition) is 1. The SMILES string of the molecule is c1ccc(-n2c3ccccc3c3cc(-c4ccc(N(c5ccc(-c6ccc7c(c6)[se]c6ccccc67)cc5)c5ccc(-c6cccc7ccccc67)cc5)cc4)ccc32)cc1. The molecule has 2 heterocycles. The molecule has 10 aromatic carbocycles. The molecule has 0 radical (unpaired) electrons. The minimum Gasteiger partial charge on any atom is -0.0602 e. The Balaban J connectivity index is 0.927. The third-order valence-electron chi connectivity index (χ3n) is 12.2. The maximum Gasteiger partial charge on any atom is 0.0541 e. The van der Waals surface area contributed by atoms with Crippen LogP contribution in [0.1, 0.15) is 0 Å². The van der Waals surface area contributed by atoms with Crippen LogP contribution in [0.5, 0.6) is 0 Å². The Morgan fingerprint density at radius 1 is 0.311 bits per heavy atom. The fourth-order valence-corrected chi connectivity index (χ4v) is 11.6. The molecule has 2 aromatic heterocycles. The fourth-order valence-electron chi connectivity index (χ4n) is 9.23. The second-order valence-electron chi connectivity index (χ2n) is 15.7. The van der Waals surface area contributed by atoms with Gasteiger partial charge in [0.2, 0.25) is 0 Å². The van der Waals surface area contributed by atoms with E-state index in [1.807, 2.05) is 0 Å². The molecule has 12 aromatic rings. The summed E-state index contributed by atoms with van der Waals surface area (Å²) in [4.78, 5) is 2.37. The van der Waals surface area contributed by atoms with E-state index in [9.17, 15) is 0 Å². The van der Waals surface area contributed by atoms with Gasteiger partial charge in [0.25, 0.3) is 0 Å². The fraction of sp³-hybridized carbons (Fsp3) is 0. The summed E-state index contributed by atoms with van der Waals surface area (Å²) >= 11 is 0.329. The molecular weight excluding hydrogens is 804 g/mol. The number of rotatable bonds is 7. The summed E-state index contributed by atoms with van der Waals surface area (Å²) in [6.45, 7) is 0. The molecule has 0 amide bonds. The average Bonchev–Trinajstić information content (AvgIpc) is 3.87. The summed E-state index contributed by atoms with van der Waals surface area (Å²) in [5.41, 5.74) is 14.2. The zero-order chi connectivity index (χ0) is 40.3. The number of nitrogens with zero attached hydrogens (tertiary/aromatic N) is 2. The van der Waals surface area contributed by atoms with Gasteiger partial charge in [0.1, 0.15) is 0 Å². The van der Waals surface area contributed by atoms with E-state index in [-0.39, 0.29) is 0 Å². The monoisotopic (exact) mass is 842 g/mol. The third-order valence-corrected chi connectivity index (χ3v) is 14.6. The first-order chi connectivity index (χ1) is 30.2. The largest absolute Gasteiger partial charge is 0.0602 e. The van der Waals surface area contributed by atoms with Gasteiger partial charge in [0, 0.05) is 16.5 Å². The van der Waals surface area contributed by atoms with Crippen molar-refractivity contribution < 1.29 is 0 Å². The van der Waals surface area contributed by atoms with Crippen molar-refractivity contribution in [1.29, 1.82) is 0 Å². The maximum atomic E-state index is 2.41. The number of aromatic nitrogens is 1. The molecule has 0 bridgehead atoms. The first-order valence-corrected chi connectivity index (χ1v) is 22.5. The van der Waals surface area contributed by atoms with Crippen molar-refractivity contribution in [1.82, 2.24) is 4.57 Å². The Morgan fingerprint density at radius 2 is 0.836 bits per heavy atom. The number of fused-ring (bicyclic) bond motifs is 7. The molecule has 286 valence electrons. The van der Waals surface area contributed by atoms with Crippen molar-refractivity contribution in [3.05, 3.63) is 231 Å². The predicted molar refractivity (Wildman–Crippen MR) is 261 cm³/mol. The molecule has 0 aliphatic heterocycles. The molecule has 3 heteroatoms. The van der Waals surface area contributed by atoms with Crippen molar-refractivity contribution in [3.8, 4) is 39.1 Å². The Labute approximate surface area is 360 Å². The predicted octanol–water partition coefficient (Wildman–Crippen LogP) is 15.8. The van der Waals surface area contributed by atoms with Crippen molar-refractivity contribution in [2.24, 2.45) is 0 Å². The van der Waals surface area contributed by atoms with Gasteiger partial charge < -0.3 is 4.57 Å². The molecule has 0 saturated heterocycles. The average molecular weight is 842 g/mol. The van der Waals surface area contributed by atoms with Gasteiger partial charge in [-0.05, 0) is 52.2 Å². The molecule has 0 fully saturated rings. The summed E-state index contributed by atoms with van der Waals surface area (Å²) in [6.07, 6.45) is 0. The zero-order valence-corrected chi connectivity index (χ0v) is 35.0. The van der Waals surface area contributed by atoms with E-state index in [4.69, 9.17) is 0 Å². The smallest absolute Gasteiger partial charge is 0.0541 e. The molecule has 0 N–H and O–H groups in total. The normalized spacial score (nSPS) is 11.6. The van der Waals surface area contributed by atoms with Crippen LogP contribution in [-0.2, 0) is 0 Å².